The van der Waals surface area contributed by atoms with Crippen molar-refractivity contribution in [1.82, 2.24) is 4.90 Å². The Morgan fingerprint density at radius 1 is 1.44 bits per heavy atom. The van der Waals surface area contributed by atoms with E-state index in [1.807, 2.05) is 18.2 Å². The maximum atomic E-state index is 11.1. The number of rotatable bonds is 6. The minimum Gasteiger partial charge on any atom is -0.465 e. The molecule has 1 aliphatic rings. The zero-order valence-corrected chi connectivity index (χ0v) is 18.1. The van der Waals surface area contributed by atoms with Gasteiger partial charge in [-0.15, -0.1) is 0 Å². The van der Waals surface area contributed by atoms with Crippen LogP contribution in [0.4, 0.5) is 4.79 Å². The zero-order valence-electron chi connectivity index (χ0n) is 17.1. The molecule has 1 aromatic rings. The normalized spacial score (nSPS) is 19.3. The molecule has 0 radical (unpaired) electrons. The van der Waals surface area contributed by atoms with Crippen molar-refractivity contribution in [3.05, 3.63) is 45.3 Å². The van der Waals surface area contributed by atoms with Gasteiger partial charge in [-0.3, -0.25) is 0 Å². The van der Waals surface area contributed by atoms with Gasteiger partial charge in [0.1, 0.15) is 0 Å². The topological polar surface area (TPSA) is 98.5 Å². The first kappa shape index (κ1) is 21.3. The van der Waals surface area contributed by atoms with E-state index in [4.69, 9.17) is 15.1 Å². The Bertz CT molecular complexity index is 754. The molecule has 1 aromatic carbocycles. The van der Waals surface area contributed by atoms with Crippen LogP contribution < -0.4 is 0 Å². The summed E-state index contributed by atoms with van der Waals surface area (Å²) in [5.41, 5.74) is 12.1. The predicted octanol–water partition coefficient (Wildman–Crippen LogP) is 5.34. The van der Waals surface area contributed by atoms with Crippen LogP contribution in [0.1, 0.15) is 43.5 Å². The molecule has 1 amide bonds. The zero-order chi connectivity index (χ0) is 20.4. The maximum absolute atomic E-state index is 11.1. The summed E-state index contributed by atoms with van der Waals surface area (Å²) < 4.78 is 6.38. The van der Waals surface area contributed by atoms with Gasteiger partial charge in [-0.25, -0.2) is 4.79 Å². The summed E-state index contributed by atoms with van der Waals surface area (Å²) in [6.07, 6.45) is -0.161. The molecule has 0 spiro atoms. The Labute approximate surface area is 162 Å². The Morgan fingerprint density at radius 3 is 2.67 bits per heavy atom. The van der Waals surface area contributed by atoms with Gasteiger partial charge in [-0.1, -0.05) is 44.1 Å². The number of nitrogens with zero attached hydrogens (tertiary/aromatic N) is 4. The summed E-state index contributed by atoms with van der Waals surface area (Å²) in [4.78, 5) is 15.4. The van der Waals surface area contributed by atoms with E-state index in [2.05, 4.69) is 43.9 Å². The number of azide groups is 1. The molecule has 1 N–H and O–H groups in total. The minimum absolute atomic E-state index is 0.109. The fourth-order valence-corrected chi connectivity index (χ4v) is 4.15. The number of carboxylic acid groups (broad SMARTS) is 1. The van der Waals surface area contributed by atoms with Crippen LogP contribution in [0.3, 0.4) is 0 Å². The molecule has 0 fully saturated rings. The first-order valence-electron chi connectivity index (χ1n) is 9.20. The van der Waals surface area contributed by atoms with Crippen LogP contribution >= 0.6 is 0 Å². The van der Waals surface area contributed by atoms with E-state index in [1.165, 1.54) is 11.9 Å². The van der Waals surface area contributed by atoms with Crippen molar-refractivity contribution in [1.29, 1.82) is 0 Å². The molecule has 0 heterocycles. The summed E-state index contributed by atoms with van der Waals surface area (Å²) in [6.45, 7) is 11.9. The van der Waals surface area contributed by atoms with Crippen molar-refractivity contribution < 1.29 is 14.3 Å². The molecule has 0 saturated heterocycles. The average Bonchev–Trinajstić information content (AvgIpc) is 2.89. The monoisotopic (exact) mass is 390 g/mol. The molecular weight excluding hydrogens is 360 g/mol. The molecule has 8 heteroatoms. The van der Waals surface area contributed by atoms with Crippen LogP contribution in [-0.4, -0.2) is 38.1 Å². The van der Waals surface area contributed by atoms with E-state index < -0.39 is 14.4 Å². The van der Waals surface area contributed by atoms with Crippen molar-refractivity contribution in [2.24, 2.45) is 11.0 Å². The Kier molecular flexibility index (Phi) is 6.24. The minimum atomic E-state index is -1.88. The van der Waals surface area contributed by atoms with Gasteiger partial charge in [0.15, 0.2) is 8.32 Å². The van der Waals surface area contributed by atoms with Crippen molar-refractivity contribution in [3.63, 3.8) is 0 Å². The lowest BCUT2D eigenvalue weighted by Crippen LogP contribution is -2.42. The Morgan fingerprint density at radius 2 is 2.11 bits per heavy atom. The summed E-state index contributed by atoms with van der Waals surface area (Å²) in [7, 11) is -0.342. The molecular formula is C19H30N4O3Si. The van der Waals surface area contributed by atoms with Crippen LogP contribution in [0.5, 0.6) is 0 Å². The fourth-order valence-electron chi connectivity index (χ4n) is 3.09. The first-order chi connectivity index (χ1) is 12.5. The van der Waals surface area contributed by atoms with Crippen LogP contribution in [-0.2, 0) is 17.4 Å². The van der Waals surface area contributed by atoms with E-state index >= 15 is 0 Å². The molecule has 7 nitrogen and oxygen atoms in total. The van der Waals surface area contributed by atoms with Gasteiger partial charge in [-0.05, 0) is 52.7 Å². The van der Waals surface area contributed by atoms with Gasteiger partial charge in [0.2, 0.25) is 0 Å². The van der Waals surface area contributed by atoms with Gasteiger partial charge in [-0.2, -0.15) is 0 Å². The summed E-state index contributed by atoms with van der Waals surface area (Å²) in [5, 5.41) is 13.3. The third-order valence-corrected chi connectivity index (χ3v) is 10.3. The van der Waals surface area contributed by atoms with Crippen molar-refractivity contribution in [2.75, 3.05) is 13.7 Å². The van der Waals surface area contributed by atoms with Crippen molar-refractivity contribution >= 4 is 14.4 Å². The summed E-state index contributed by atoms with van der Waals surface area (Å²) in [6, 6.07) is 5.67. The molecule has 2 atom stereocenters. The van der Waals surface area contributed by atoms with Crippen LogP contribution in [0, 0.1) is 5.92 Å². The Balaban J connectivity index is 2.20. The van der Waals surface area contributed by atoms with E-state index in [0.717, 1.165) is 23.1 Å². The molecule has 0 bridgehead atoms. The molecule has 0 saturated carbocycles. The molecule has 0 unspecified atom stereocenters. The number of hydrogen-bond acceptors (Lipinski definition) is 3. The van der Waals surface area contributed by atoms with Crippen LogP contribution in [0.2, 0.25) is 18.1 Å². The standard InChI is InChI=1S/C19H30N4O3Si/c1-19(2,3)27(5,6)26-12-15-10-14-8-7-13(11-23(4)18(24)25)9-16(14)17(15)21-22-20/h7-9,15,17H,10-12H2,1-6H3,(H,24,25)/t15-,17-/m1/s1. The van der Waals surface area contributed by atoms with Gasteiger partial charge in [0.05, 0.1) is 6.04 Å². The lowest BCUT2D eigenvalue weighted by molar-refractivity contribution is 0.153. The predicted molar refractivity (Wildman–Crippen MR) is 108 cm³/mol. The lowest BCUT2D eigenvalue weighted by Gasteiger charge is -2.37. The third-order valence-electron chi connectivity index (χ3n) is 5.84. The molecule has 148 valence electrons. The fraction of sp³-hybridized carbons (Fsp3) is 0.632. The number of benzene rings is 1. The second kappa shape index (κ2) is 7.92. The number of hydrogen-bond donors (Lipinski definition) is 1. The SMILES string of the molecule is CN(Cc1ccc2c(c1)[C@H](N=[N+]=[N-])[C@@H](CO[Si](C)(C)C(C)(C)C)C2)C(=O)O. The van der Waals surface area contributed by atoms with Crippen LogP contribution in [0.25, 0.3) is 10.4 Å². The van der Waals surface area contributed by atoms with Gasteiger partial charge >= 0.3 is 6.09 Å². The maximum Gasteiger partial charge on any atom is 0.407 e. The highest BCUT2D eigenvalue weighted by molar-refractivity contribution is 6.74. The number of amides is 1. The summed E-state index contributed by atoms with van der Waals surface area (Å²) >= 11 is 0. The Hall–Kier alpha value is -2.02. The smallest absolute Gasteiger partial charge is 0.407 e. The quantitative estimate of drug-likeness (QED) is 0.307. The summed E-state index contributed by atoms with van der Waals surface area (Å²) in [5.74, 6) is 0.109. The highest BCUT2D eigenvalue weighted by Gasteiger charge is 2.39. The third kappa shape index (κ3) is 4.83. The van der Waals surface area contributed by atoms with Gasteiger partial charge in [0.25, 0.3) is 0 Å². The van der Waals surface area contributed by atoms with E-state index in [0.29, 0.717) is 13.2 Å². The second-order valence-electron chi connectivity index (χ2n) is 8.86. The molecule has 2 rings (SSSR count). The van der Waals surface area contributed by atoms with Crippen molar-refractivity contribution in [3.8, 4) is 0 Å². The number of carbonyl (C=O) groups is 1. The van der Waals surface area contributed by atoms with Crippen LogP contribution in [0.15, 0.2) is 23.3 Å². The number of fused-ring (bicyclic) bond motifs is 1. The molecule has 27 heavy (non-hydrogen) atoms. The van der Waals surface area contributed by atoms with E-state index in [1.54, 1.807) is 0 Å². The second-order valence-corrected chi connectivity index (χ2v) is 13.7. The molecule has 1 aliphatic carbocycles. The molecule has 0 aliphatic heterocycles. The average molecular weight is 391 g/mol. The van der Waals surface area contributed by atoms with Crippen molar-refractivity contribution in [2.45, 2.75) is 57.9 Å². The highest BCUT2D eigenvalue weighted by Crippen LogP contribution is 2.42. The lowest BCUT2D eigenvalue weighted by atomic mass is 10.0. The van der Waals surface area contributed by atoms with Gasteiger partial charge in [0, 0.05) is 25.1 Å². The van der Waals surface area contributed by atoms with E-state index in [9.17, 15) is 4.79 Å². The highest BCUT2D eigenvalue weighted by atomic mass is 28.4. The molecule has 0 aromatic heterocycles. The first-order valence-corrected chi connectivity index (χ1v) is 12.1. The van der Waals surface area contributed by atoms with Gasteiger partial charge < -0.3 is 14.4 Å². The van der Waals surface area contributed by atoms with E-state index in [-0.39, 0.29) is 17.0 Å². The largest absolute Gasteiger partial charge is 0.465 e.